The molecule has 0 aromatic heterocycles. The zero-order chi connectivity index (χ0) is 23.5. The maximum Gasteiger partial charge on any atom is 0.255 e. The molecule has 6 heteroatoms. The molecule has 0 fully saturated rings. The highest BCUT2D eigenvalue weighted by molar-refractivity contribution is 6.03. The minimum Gasteiger partial charge on any atom is -0.488 e. The first-order valence-electron chi connectivity index (χ1n) is 11.1. The van der Waals surface area contributed by atoms with Gasteiger partial charge in [-0.25, -0.2) is 0 Å². The van der Waals surface area contributed by atoms with E-state index in [-0.39, 0.29) is 38.1 Å². The first-order chi connectivity index (χ1) is 16.6. The predicted molar refractivity (Wildman–Crippen MR) is 133 cm³/mol. The molecule has 1 aliphatic rings. The van der Waals surface area contributed by atoms with Gasteiger partial charge in [-0.1, -0.05) is 55.1 Å². The number of rotatable bonds is 0. The van der Waals surface area contributed by atoms with E-state index >= 15 is 0 Å². The lowest BCUT2D eigenvalue weighted by Gasteiger charge is -2.15. The summed E-state index contributed by atoms with van der Waals surface area (Å²) >= 11 is 0. The van der Waals surface area contributed by atoms with E-state index in [2.05, 4.69) is 17.2 Å². The maximum absolute atomic E-state index is 12.9. The lowest BCUT2D eigenvalue weighted by Crippen LogP contribution is -2.35. The molecule has 2 N–H and O–H groups in total. The van der Waals surface area contributed by atoms with Crippen LogP contribution in [0.5, 0.6) is 11.5 Å². The Morgan fingerprint density at radius 3 is 1.41 bits per heavy atom. The van der Waals surface area contributed by atoms with Crippen LogP contribution in [0.15, 0.2) is 84.9 Å². The topological polar surface area (TPSA) is 76.7 Å². The fraction of sp³-hybridized carbons (Fsp3) is 0.143. The van der Waals surface area contributed by atoms with Gasteiger partial charge in [0.15, 0.2) is 0 Å². The second kappa shape index (κ2) is 9.27. The summed E-state index contributed by atoms with van der Waals surface area (Å²) in [5, 5.41) is 9.57. The molecule has 0 radical (unpaired) electrons. The first kappa shape index (κ1) is 21.5. The second-order valence-corrected chi connectivity index (χ2v) is 8.23. The van der Waals surface area contributed by atoms with Crippen molar-refractivity contribution >= 4 is 33.4 Å². The number of ether oxygens (including phenoxy) is 2. The van der Waals surface area contributed by atoms with E-state index in [0.29, 0.717) is 28.2 Å². The summed E-state index contributed by atoms with van der Waals surface area (Å²) in [6.45, 7) is 4.95. The molecule has 5 rings (SSSR count). The van der Waals surface area contributed by atoms with E-state index in [0.717, 1.165) is 21.5 Å². The fourth-order valence-corrected chi connectivity index (χ4v) is 3.98. The Morgan fingerprint density at radius 2 is 1.00 bits per heavy atom. The molecule has 2 amide bonds. The van der Waals surface area contributed by atoms with Gasteiger partial charge in [0, 0.05) is 13.1 Å². The molecule has 0 atom stereocenters. The monoisotopic (exact) mass is 452 g/mol. The van der Waals surface area contributed by atoms with Crippen molar-refractivity contribution in [3.05, 3.63) is 96.1 Å². The Balaban J connectivity index is 1.47. The highest BCUT2D eigenvalue weighted by Gasteiger charge is 2.18. The maximum atomic E-state index is 12.9. The van der Waals surface area contributed by atoms with Crippen molar-refractivity contribution in [1.82, 2.24) is 10.6 Å². The van der Waals surface area contributed by atoms with Crippen molar-refractivity contribution in [1.29, 1.82) is 0 Å². The van der Waals surface area contributed by atoms with Gasteiger partial charge < -0.3 is 20.1 Å². The summed E-state index contributed by atoms with van der Waals surface area (Å²) in [4.78, 5) is 25.9. The Labute approximate surface area is 197 Å². The minimum atomic E-state index is -0.266. The van der Waals surface area contributed by atoms with E-state index in [9.17, 15) is 9.59 Å². The summed E-state index contributed by atoms with van der Waals surface area (Å²) in [6.07, 6.45) is 0. The van der Waals surface area contributed by atoms with Gasteiger partial charge in [-0.15, -0.1) is 0 Å². The van der Waals surface area contributed by atoms with Gasteiger partial charge in [0.2, 0.25) is 0 Å². The van der Waals surface area contributed by atoms with Crippen LogP contribution in [-0.2, 0) is 0 Å². The number of hydrogen-bond donors (Lipinski definition) is 2. The summed E-state index contributed by atoms with van der Waals surface area (Å²) in [5.74, 6) is 0.418. The van der Waals surface area contributed by atoms with Crippen LogP contribution in [0.4, 0.5) is 0 Å². The summed E-state index contributed by atoms with van der Waals surface area (Å²) in [6, 6.07) is 22.9. The third kappa shape index (κ3) is 4.43. The van der Waals surface area contributed by atoms with Crippen LogP contribution < -0.4 is 20.1 Å². The van der Waals surface area contributed by atoms with Gasteiger partial charge in [-0.3, -0.25) is 9.59 Å². The van der Waals surface area contributed by atoms with Crippen molar-refractivity contribution in [3.8, 4) is 11.5 Å². The van der Waals surface area contributed by atoms with Crippen molar-refractivity contribution in [2.75, 3.05) is 26.3 Å². The molecule has 0 saturated heterocycles. The average Bonchev–Trinajstić information content (AvgIpc) is 2.87. The zero-order valence-electron chi connectivity index (χ0n) is 18.6. The van der Waals surface area contributed by atoms with Crippen molar-refractivity contribution in [2.24, 2.45) is 0 Å². The number of amides is 2. The highest BCUT2D eigenvalue weighted by Crippen LogP contribution is 2.28. The predicted octanol–water partition coefficient (Wildman–Crippen LogP) is 4.48. The number of nitrogens with one attached hydrogen (secondary N) is 2. The van der Waals surface area contributed by atoms with E-state index < -0.39 is 0 Å². The summed E-state index contributed by atoms with van der Waals surface area (Å²) in [5.41, 5.74) is 1.54. The molecule has 1 heterocycles. The molecule has 4 aromatic carbocycles. The van der Waals surface area contributed by atoms with E-state index in [1.54, 1.807) is 0 Å². The lowest BCUT2D eigenvalue weighted by atomic mass is 10.1. The van der Waals surface area contributed by atoms with Crippen LogP contribution in [0, 0.1) is 0 Å². The van der Waals surface area contributed by atoms with Gasteiger partial charge in [0.1, 0.15) is 24.7 Å². The van der Waals surface area contributed by atoms with E-state index in [1.807, 2.05) is 72.8 Å². The zero-order valence-corrected chi connectivity index (χ0v) is 18.6. The lowest BCUT2D eigenvalue weighted by molar-refractivity contribution is 0.0924. The molecular formula is C28H24N2O4. The van der Waals surface area contributed by atoms with E-state index in [1.165, 1.54) is 0 Å². The number of fused-ring (bicyclic) bond motifs is 4. The molecule has 0 unspecified atom stereocenters. The van der Waals surface area contributed by atoms with Crippen molar-refractivity contribution in [3.63, 3.8) is 0 Å². The third-order valence-electron chi connectivity index (χ3n) is 5.74. The fourth-order valence-electron chi connectivity index (χ4n) is 3.98. The molecule has 0 saturated carbocycles. The molecule has 4 aromatic rings. The van der Waals surface area contributed by atoms with Gasteiger partial charge in [0.05, 0.1) is 11.1 Å². The quantitative estimate of drug-likeness (QED) is 0.386. The molecule has 0 aliphatic carbocycles. The Bertz CT molecular complexity index is 1320. The van der Waals surface area contributed by atoms with Crippen LogP contribution in [0.1, 0.15) is 20.7 Å². The smallest absolute Gasteiger partial charge is 0.255 e. The minimum absolute atomic E-state index is 0.174. The molecule has 0 bridgehead atoms. The second-order valence-electron chi connectivity index (χ2n) is 8.23. The number of hydrogen-bond acceptors (Lipinski definition) is 4. The number of carbonyl (C=O) groups excluding carboxylic acids is 2. The Kier molecular flexibility index (Phi) is 5.87. The van der Waals surface area contributed by atoms with E-state index in [4.69, 9.17) is 9.47 Å². The average molecular weight is 453 g/mol. The van der Waals surface area contributed by atoms with Crippen LogP contribution in [-0.4, -0.2) is 38.1 Å². The SMILES string of the molecule is C=C1COc2cc3ccccc3cc2C(=O)NCCNC(=O)c2cc3ccccc3cc2OC1. The van der Waals surface area contributed by atoms with Crippen LogP contribution in [0.3, 0.4) is 0 Å². The Morgan fingerprint density at radius 1 is 0.618 bits per heavy atom. The standard InChI is InChI=1S/C28H24N2O4/c1-18-16-33-25-14-21-8-4-2-6-19(21)12-23(25)27(31)29-10-11-30-28(32)24-13-20-7-3-5-9-22(20)15-26(24)34-17-18/h2-9,12-15H,1,10-11,16-17H2,(H,29,31)(H,30,32). The van der Waals surface area contributed by atoms with Crippen LogP contribution >= 0.6 is 0 Å². The third-order valence-corrected chi connectivity index (χ3v) is 5.74. The normalized spacial score (nSPS) is 15.1. The molecule has 6 nitrogen and oxygen atoms in total. The van der Waals surface area contributed by atoms with Crippen LogP contribution in [0.2, 0.25) is 0 Å². The van der Waals surface area contributed by atoms with Gasteiger partial charge in [-0.2, -0.15) is 0 Å². The highest BCUT2D eigenvalue weighted by atomic mass is 16.5. The van der Waals surface area contributed by atoms with Gasteiger partial charge in [0.25, 0.3) is 11.8 Å². The van der Waals surface area contributed by atoms with Gasteiger partial charge in [-0.05, 0) is 51.4 Å². The largest absolute Gasteiger partial charge is 0.488 e. The molecular weight excluding hydrogens is 428 g/mol. The summed E-state index contributed by atoms with van der Waals surface area (Å²) in [7, 11) is 0. The molecule has 34 heavy (non-hydrogen) atoms. The number of carbonyl (C=O) groups is 2. The summed E-state index contributed by atoms with van der Waals surface area (Å²) < 4.78 is 12.0. The van der Waals surface area contributed by atoms with Gasteiger partial charge >= 0.3 is 0 Å². The van der Waals surface area contributed by atoms with Crippen LogP contribution in [0.25, 0.3) is 21.5 Å². The van der Waals surface area contributed by atoms with Crippen molar-refractivity contribution < 1.29 is 19.1 Å². The number of benzene rings is 4. The Hall–Kier alpha value is -4.32. The molecule has 1 aliphatic heterocycles. The first-order valence-corrected chi connectivity index (χ1v) is 11.1. The molecule has 170 valence electrons. The van der Waals surface area contributed by atoms with Crippen molar-refractivity contribution in [2.45, 2.75) is 0 Å². The molecule has 0 spiro atoms.